The van der Waals surface area contributed by atoms with Crippen LogP contribution in [0.5, 0.6) is 5.75 Å². The Hall–Kier alpha value is -2.15. The van der Waals surface area contributed by atoms with Crippen LogP contribution in [0.25, 0.3) is 5.57 Å². The number of nitrogens with zero attached hydrogens (tertiary/aromatic N) is 1. The standard InChI is InChI=1S/C24H27NO4S.ClH/c1-16(26)5-9-25-10-6-18(7-11-25)23-20-13-17(14-22(27)28-2)3-4-21(20)29-15-19-8-12-30-24(19)23;/h3-4,8,12-13H,5-7,9-11,14-15H2,1-2H3;1H. The number of methoxy groups -OCH3 is 1. The summed E-state index contributed by atoms with van der Waals surface area (Å²) in [5.41, 5.74) is 5.92. The minimum absolute atomic E-state index is 0. The molecule has 0 unspecified atom stereocenters. The Morgan fingerprint density at radius 1 is 1.19 bits per heavy atom. The molecule has 3 heterocycles. The Morgan fingerprint density at radius 2 is 1.97 bits per heavy atom. The number of piperidine rings is 1. The van der Waals surface area contributed by atoms with Gasteiger partial charge in [-0.15, -0.1) is 23.7 Å². The third-order valence-corrected chi connectivity index (χ3v) is 6.81. The van der Waals surface area contributed by atoms with Crippen molar-refractivity contribution in [1.82, 2.24) is 4.90 Å². The van der Waals surface area contributed by atoms with Crippen molar-refractivity contribution in [1.29, 1.82) is 0 Å². The Labute approximate surface area is 193 Å². The van der Waals surface area contributed by atoms with Crippen LogP contribution in [0.4, 0.5) is 0 Å². The monoisotopic (exact) mass is 461 g/mol. The molecule has 0 atom stereocenters. The first-order valence-electron chi connectivity index (χ1n) is 10.4. The van der Waals surface area contributed by atoms with E-state index in [0.717, 1.165) is 49.4 Å². The lowest BCUT2D eigenvalue weighted by atomic mass is 9.89. The quantitative estimate of drug-likeness (QED) is 0.606. The summed E-state index contributed by atoms with van der Waals surface area (Å²) >= 11 is 1.76. The number of ketones is 1. The highest BCUT2D eigenvalue weighted by Crippen LogP contribution is 2.43. The molecule has 5 nitrogen and oxygen atoms in total. The predicted molar refractivity (Wildman–Crippen MR) is 125 cm³/mol. The topological polar surface area (TPSA) is 55.8 Å². The van der Waals surface area contributed by atoms with Gasteiger partial charge < -0.3 is 14.4 Å². The van der Waals surface area contributed by atoms with Crippen LogP contribution in [-0.4, -0.2) is 43.4 Å². The van der Waals surface area contributed by atoms with E-state index >= 15 is 0 Å². The number of esters is 1. The van der Waals surface area contributed by atoms with E-state index in [4.69, 9.17) is 9.47 Å². The zero-order chi connectivity index (χ0) is 21.1. The molecule has 0 aliphatic carbocycles. The SMILES string of the molecule is COC(=O)Cc1ccc2c(c1)C(=C1CCN(CCC(C)=O)CC1)c1sccc1CO2.Cl. The summed E-state index contributed by atoms with van der Waals surface area (Å²) in [6, 6.07) is 8.16. The van der Waals surface area contributed by atoms with Gasteiger partial charge in [0.05, 0.1) is 13.5 Å². The van der Waals surface area contributed by atoms with Crippen LogP contribution >= 0.6 is 23.7 Å². The fourth-order valence-corrected chi connectivity index (χ4v) is 5.18. The highest BCUT2D eigenvalue weighted by atomic mass is 35.5. The van der Waals surface area contributed by atoms with Crippen LogP contribution < -0.4 is 4.74 Å². The van der Waals surface area contributed by atoms with E-state index in [1.165, 1.54) is 28.7 Å². The Bertz CT molecular complexity index is 987. The number of benzene rings is 1. The molecule has 0 N–H and O–H groups in total. The van der Waals surface area contributed by atoms with Gasteiger partial charge in [0.25, 0.3) is 0 Å². The fraction of sp³-hybridized carbons (Fsp3) is 0.417. The van der Waals surface area contributed by atoms with Crippen LogP contribution in [-0.2, 0) is 27.4 Å². The normalized spacial score (nSPS) is 15.8. The first-order valence-corrected chi connectivity index (χ1v) is 11.3. The molecule has 2 aliphatic heterocycles. The van der Waals surface area contributed by atoms with Crippen LogP contribution in [0.2, 0.25) is 0 Å². The number of carbonyl (C=O) groups excluding carboxylic acids is 2. The lowest BCUT2D eigenvalue weighted by Crippen LogP contribution is -2.32. The zero-order valence-electron chi connectivity index (χ0n) is 17.9. The Balaban J connectivity index is 0.00000272. The first-order chi connectivity index (χ1) is 14.5. The molecule has 0 bridgehead atoms. The van der Waals surface area contributed by atoms with Crippen molar-refractivity contribution in [3.63, 3.8) is 0 Å². The van der Waals surface area contributed by atoms with Gasteiger partial charge in [0.15, 0.2) is 0 Å². The molecule has 1 aromatic carbocycles. The largest absolute Gasteiger partial charge is 0.488 e. The predicted octanol–water partition coefficient (Wildman–Crippen LogP) is 4.65. The summed E-state index contributed by atoms with van der Waals surface area (Å²) in [6.45, 7) is 4.98. The molecule has 166 valence electrons. The maximum absolute atomic E-state index is 11.8. The van der Waals surface area contributed by atoms with Crippen molar-refractivity contribution in [2.45, 2.75) is 39.2 Å². The summed E-state index contributed by atoms with van der Waals surface area (Å²) in [4.78, 5) is 26.8. The van der Waals surface area contributed by atoms with Crippen molar-refractivity contribution in [2.24, 2.45) is 0 Å². The van der Waals surface area contributed by atoms with Gasteiger partial charge in [-0.3, -0.25) is 9.59 Å². The molecule has 31 heavy (non-hydrogen) atoms. The smallest absolute Gasteiger partial charge is 0.309 e. The number of hydrogen-bond acceptors (Lipinski definition) is 6. The van der Waals surface area contributed by atoms with Gasteiger partial charge >= 0.3 is 5.97 Å². The molecular formula is C24H28ClNO4S. The second-order valence-corrected chi connectivity index (χ2v) is 8.84. The summed E-state index contributed by atoms with van der Waals surface area (Å²) in [6.07, 6.45) is 2.83. The van der Waals surface area contributed by atoms with Gasteiger partial charge in [-0.05, 0) is 48.9 Å². The molecule has 7 heteroatoms. The average Bonchev–Trinajstić information content (AvgIpc) is 3.15. The highest BCUT2D eigenvalue weighted by Gasteiger charge is 2.26. The van der Waals surface area contributed by atoms with Crippen molar-refractivity contribution in [3.05, 3.63) is 56.8 Å². The van der Waals surface area contributed by atoms with E-state index in [1.807, 2.05) is 12.1 Å². The molecule has 2 aromatic rings. The van der Waals surface area contributed by atoms with E-state index in [1.54, 1.807) is 18.3 Å². The Kier molecular flexibility index (Phi) is 7.92. The average molecular weight is 462 g/mol. The van der Waals surface area contributed by atoms with E-state index in [0.29, 0.717) is 13.0 Å². The van der Waals surface area contributed by atoms with Crippen molar-refractivity contribution in [2.75, 3.05) is 26.7 Å². The molecule has 1 aromatic heterocycles. The molecule has 0 amide bonds. The minimum Gasteiger partial charge on any atom is -0.488 e. The van der Waals surface area contributed by atoms with Crippen molar-refractivity contribution in [3.8, 4) is 5.75 Å². The van der Waals surface area contributed by atoms with Crippen molar-refractivity contribution < 1.29 is 19.1 Å². The minimum atomic E-state index is -0.241. The number of thiophene rings is 1. The van der Waals surface area contributed by atoms with Crippen LogP contribution in [0.15, 0.2) is 35.2 Å². The van der Waals surface area contributed by atoms with Gasteiger partial charge in [0, 0.05) is 47.6 Å². The highest BCUT2D eigenvalue weighted by molar-refractivity contribution is 7.11. The Morgan fingerprint density at radius 3 is 2.68 bits per heavy atom. The second-order valence-electron chi connectivity index (χ2n) is 7.92. The second kappa shape index (κ2) is 10.4. The zero-order valence-corrected chi connectivity index (χ0v) is 19.6. The van der Waals surface area contributed by atoms with E-state index in [9.17, 15) is 9.59 Å². The molecule has 0 radical (unpaired) electrons. The molecule has 2 aliphatic rings. The third-order valence-electron chi connectivity index (χ3n) is 5.84. The number of likely N-dealkylation sites (tertiary alicyclic amines) is 1. The van der Waals surface area contributed by atoms with Gasteiger partial charge in [0.2, 0.25) is 0 Å². The lowest BCUT2D eigenvalue weighted by molar-refractivity contribution is -0.139. The number of carbonyl (C=O) groups is 2. The molecule has 0 saturated carbocycles. The number of hydrogen-bond donors (Lipinski definition) is 0. The van der Waals surface area contributed by atoms with E-state index in [2.05, 4.69) is 22.4 Å². The molecule has 1 saturated heterocycles. The lowest BCUT2D eigenvalue weighted by Gasteiger charge is -2.29. The van der Waals surface area contributed by atoms with Gasteiger partial charge in [0.1, 0.15) is 18.1 Å². The van der Waals surface area contributed by atoms with E-state index < -0.39 is 0 Å². The summed E-state index contributed by atoms with van der Waals surface area (Å²) in [7, 11) is 1.42. The first kappa shape index (κ1) is 23.5. The summed E-state index contributed by atoms with van der Waals surface area (Å²) in [5.74, 6) is 0.873. The number of Topliss-reactive ketones (excluding diaryl/α,β-unsaturated/α-hetero) is 1. The summed E-state index contributed by atoms with van der Waals surface area (Å²) in [5, 5.41) is 2.12. The van der Waals surface area contributed by atoms with Gasteiger partial charge in [-0.2, -0.15) is 0 Å². The summed E-state index contributed by atoms with van der Waals surface area (Å²) < 4.78 is 11.0. The molecular weight excluding hydrogens is 434 g/mol. The maximum atomic E-state index is 11.8. The number of ether oxygens (including phenoxy) is 2. The van der Waals surface area contributed by atoms with Crippen LogP contribution in [0.3, 0.4) is 0 Å². The molecule has 4 rings (SSSR count). The van der Waals surface area contributed by atoms with Gasteiger partial charge in [-0.1, -0.05) is 11.6 Å². The van der Waals surface area contributed by atoms with Crippen LogP contribution in [0.1, 0.15) is 47.8 Å². The number of halogens is 1. The van der Waals surface area contributed by atoms with Crippen LogP contribution in [0, 0.1) is 0 Å². The van der Waals surface area contributed by atoms with E-state index in [-0.39, 0.29) is 30.6 Å². The maximum Gasteiger partial charge on any atom is 0.309 e. The molecule has 0 spiro atoms. The molecule has 1 fully saturated rings. The number of fused-ring (bicyclic) bond motifs is 2. The van der Waals surface area contributed by atoms with Crippen molar-refractivity contribution >= 4 is 41.1 Å². The van der Waals surface area contributed by atoms with Gasteiger partial charge in [-0.25, -0.2) is 0 Å². The number of rotatable bonds is 5. The fourth-order valence-electron chi connectivity index (χ4n) is 4.16. The third kappa shape index (κ3) is 5.37.